The highest BCUT2D eigenvalue weighted by Crippen LogP contribution is 2.21. The number of amides is 1. The van der Waals surface area contributed by atoms with Crippen molar-refractivity contribution in [2.75, 3.05) is 5.32 Å². The zero-order chi connectivity index (χ0) is 12.7. The molecule has 0 saturated heterocycles. The van der Waals surface area contributed by atoms with Crippen LogP contribution in [0.3, 0.4) is 0 Å². The molecule has 1 aromatic carbocycles. The van der Waals surface area contributed by atoms with Crippen molar-refractivity contribution in [2.45, 2.75) is 6.92 Å². The predicted octanol–water partition coefficient (Wildman–Crippen LogP) is 2.00. The van der Waals surface area contributed by atoms with E-state index in [0.717, 1.165) is 9.99 Å². The third kappa shape index (κ3) is 1.72. The van der Waals surface area contributed by atoms with E-state index in [0.29, 0.717) is 16.9 Å². The van der Waals surface area contributed by atoms with E-state index < -0.39 is 0 Å². The summed E-state index contributed by atoms with van der Waals surface area (Å²) in [5.74, 6) is -0.116. The maximum atomic E-state index is 11.0. The van der Waals surface area contributed by atoms with Crippen LogP contribution in [0, 0.1) is 0 Å². The van der Waals surface area contributed by atoms with Crippen LogP contribution in [-0.4, -0.2) is 25.7 Å². The van der Waals surface area contributed by atoms with E-state index in [2.05, 4.69) is 36.5 Å². The Kier molecular flexibility index (Phi) is 2.48. The molecule has 1 N–H and O–H groups in total. The molecular formula is C11H8BrN5O. The van der Waals surface area contributed by atoms with Crippen LogP contribution in [0.4, 0.5) is 5.69 Å². The van der Waals surface area contributed by atoms with Crippen LogP contribution in [0.5, 0.6) is 0 Å². The Morgan fingerprint density at radius 1 is 1.39 bits per heavy atom. The van der Waals surface area contributed by atoms with Crippen LogP contribution < -0.4 is 5.32 Å². The van der Waals surface area contributed by atoms with Gasteiger partial charge in [0.25, 0.3) is 0 Å². The molecule has 0 atom stereocenters. The van der Waals surface area contributed by atoms with Gasteiger partial charge in [0.2, 0.25) is 5.91 Å². The van der Waals surface area contributed by atoms with Gasteiger partial charge in [0.1, 0.15) is 5.52 Å². The van der Waals surface area contributed by atoms with Crippen LogP contribution in [0.25, 0.3) is 16.7 Å². The van der Waals surface area contributed by atoms with E-state index in [4.69, 9.17) is 0 Å². The van der Waals surface area contributed by atoms with Crippen LogP contribution in [-0.2, 0) is 4.79 Å². The van der Waals surface area contributed by atoms with Crippen LogP contribution in [0.2, 0.25) is 0 Å². The lowest BCUT2D eigenvalue weighted by molar-refractivity contribution is -0.114. The van der Waals surface area contributed by atoms with Gasteiger partial charge in [0.05, 0.1) is 16.2 Å². The largest absolute Gasteiger partial charge is 0.326 e. The van der Waals surface area contributed by atoms with E-state index in [1.807, 2.05) is 6.07 Å². The Morgan fingerprint density at radius 2 is 2.22 bits per heavy atom. The van der Waals surface area contributed by atoms with Crippen molar-refractivity contribution in [1.29, 1.82) is 0 Å². The minimum atomic E-state index is -0.116. The average molecular weight is 306 g/mol. The predicted molar refractivity (Wildman–Crippen MR) is 70.3 cm³/mol. The molecule has 90 valence electrons. The minimum absolute atomic E-state index is 0.116. The van der Waals surface area contributed by atoms with Crippen molar-refractivity contribution in [1.82, 2.24) is 19.8 Å². The Balaban J connectivity index is 2.29. The summed E-state index contributed by atoms with van der Waals surface area (Å²) in [6.45, 7) is 1.47. The van der Waals surface area contributed by atoms with Gasteiger partial charge in [-0.25, -0.2) is 4.52 Å². The van der Waals surface area contributed by atoms with E-state index in [-0.39, 0.29) is 5.91 Å². The average Bonchev–Trinajstić information content (AvgIpc) is 2.71. The van der Waals surface area contributed by atoms with Crippen molar-refractivity contribution in [3.8, 4) is 0 Å². The molecule has 0 bridgehead atoms. The van der Waals surface area contributed by atoms with Crippen LogP contribution in [0.1, 0.15) is 6.92 Å². The zero-order valence-corrected chi connectivity index (χ0v) is 11.0. The molecule has 0 saturated carbocycles. The third-order valence-electron chi connectivity index (χ3n) is 2.48. The number of anilines is 1. The second kappa shape index (κ2) is 4.02. The smallest absolute Gasteiger partial charge is 0.221 e. The molecule has 2 heterocycles. The number of benzene rings is 1. The van der Waals surface area contributed by atoms with Gasteiger partial charge >= 0.3 is 0 Å². The molecule has 0 fully saturated rings. The van der Waals surface area contributed by atoms with E-state index in [1.165, 1.54) is 6.92 Å². The monoisotopic (exact) mass is 305 g/mol. The number of rotatable bonds is 1. The lowest BCUT2D eigenvalue weighted by atomic mass is 10.2. The molecule has 0 aliphatic carbocycles. The summed E-state index contributed by atoms with van der Waals surface area (Å²) < 4.78 is 2.46. The minimum Gasteiger partial charge on any atom is -0.326 e. The zero-order valence-electron chi connectivity index (χ0n) is 9.38. The van der Waals surface area contributed by atoms with E-state index >= 15 is 0 Å². The standard InChI is InChI=1S/C11H8BrN5O/c1-6(18)14-7-2-3-9-10(4-7)17-11(16-15-9)8(12)5-13-17/h2-5H,1H3,(H,14,18). The van der Waals surface area contributed by atoms with Crippen molar-refractivity contribution in [3.63, 3.8) is 0 Å². The molecular weight excluding hydrogens is 298 g/mol. The number of hydrogen-bond acceptors (Lipinski definition) is 4. The highest BCUT2D eigenvalue weighted by molar-refractivity contribution is 9.10. The first kappa shape index (κ1) is 11.1. The number of aromatic nitrogens is 4. The molecule has 0 aliphatic rings. The molecule has 0 unspecified atom stereocenters. The normalized spacial score (nSPS) is 11.0. The van der Waals surface area contributed by atoms with E-state index in [9.17, 15) is 4.79 Å². The Morgan fingerprint density at radius 3 is 3.00 bits per heavy atom. The number of hydrogen-bond donors (Lipinski definition) is 1. The van der Waals surface area contributed by atoms with Gasteiger partial charge in [-0.1, -0.05) is 0 Å². The van der Waals surface area contributed by atoms with Crippen molar-refractivity contribution < 1.29 is 4.79 Å². The number of carbonyl (C=O) groups is 1. The van der Waals surface area contributed by atoms with Crippen LogP contribution >= 0.6 is 15.9 Å². The number of nitrogens with zero attached hydrogens (tertiary/aromatic N) is 4. The summed E-state index contributed by atoms with van der Waals surface area (Å²) in [6.07, 6.45) is 1.66. The summed E-state index contributed by atoms with van der Waals surface area (Å²) in [7, 11) is 0. The van der Waals surface area contributed by atoms with Gasteiger partial charge in [-0.3, -0.25) is 4.79 Å². The number of halogens is 1. The summed E-state index contributed by atoms with van der Waals surface area (Å²) in [5, 5.41) is 15.1. The molecule has 3 rings (SSSR count). The van der Waals surface area contributed by atoms with Gasteiger partial charge in [-0.05, 0) is 34.1 Å². The lowest BCUT2D eigenvalue weighted by Crippen LogP contribution is -2.06. The first-order valence-electron chi connectivity index (χ1n) is 5.22. The summed E-state index contributed by atoms with van der Waals surface area (Å²) in [4.78, 5) is 11.0. The van der Waals surface area contributed by atoms with Crippen molar-refractivity contribution in [2.24, 2.45) is 0 Å². The van der Waals surface area contributed by atoms with Crippen LogP contribution in [0.15, 0.2) is 28.9 Å². The highest BCUT2D eigenvalue weighted by atomic mass is 79.9. The molecule has 18 heavy (non-hydrogen) atoms. The quantitative estimate of drug-likeness (QED) is 0.746. The fraction of sp³-hybridized carbons (Fsp3) is 0.0909. The van der Waals surface area contributed by atoms with E-state index in [1.54, 1.807) is 22.8 Å². The highest BCUT2D eigenvalue weighted by Gasteiger charge is 2.08. The third-order valence-corrected chi connectivity index (χ3v) is 3.04. The van der Waals surface area contributed by atoms with Gasteiger partial charge in [-0.15, -0.1) is 10.2 Å². The second-order valence-corrected chi connectivity index (χ2v) is 4.67. The fourth-order valence-electron chi connectivity index (χ4n) is 1.75. The molecule has 6 nitrogen and oxygen atoms in total. The molecule has 7 heteroatoms. The van der Waals surface area contributed by atoms with Crippen molar-refractivity contribution >= 4 is 44.2 Å². The van der Waals surface area contributed by atoms with Gasteiger partial charge < -0.3 is 5.32 Å². The fourth-order valence-corrected chi connectivity index (χ4v) is 2.09. The Labute approximate surface area is 110 Å². The Hall–Kier alpha value is -2.02. The molecule has 0 spiro atoms. The molecule has 0 aliphatic heterocycles. The topological polar surface area (TPSA) is 72.2 Å². The maximum absolute atomic E-state index is 11.0. The first-order chi connectivity index (χ1) is 8.65. The SMILES string of the molecule is CC(=O)Nc1ccc2nnc3c(Br)cnn3c2c1. The lowest BCUT2D eigenvalue weighted by Gasteiger charge is -2.04. The number of carbonyl (C=O) groups excluding carboxylic acids is 1. The maximum Gasteiger partial charge on any atom is 0.221 e. The molecule has 3 aromatic rings. The molecule has 1 amide bonds. The summed E-state index contributed by atoms with van der Waals surface area (Å²) in [5.41, 5.74) is 2.85. The van der Waals surface area contributed by atoms with Crippen molar-refractivity contribution in [3.05, 3.63) is 28.9 Å². The molecule has 2 aromatic heterocycles. The second-order valence-electron chi connectivity index (χ2n) is 3.81. The summed E-state index contributed by atoms with van der Waals surface area (Å²) >= 11 is 3.36. The van der Waals surface area contributed by atoms with Gasteiger partial charge in [0.15, 0.2) is 5.65 Å². The first-order valence-corrected chi connectivity index (χ1v) is 6.02. The van der Waals surface area contributed by atoms with Gasteiger partial charge in [0, 0.05) is 12.6 Å². The number of fused-ring (bicyclic) bond motifs is 3. The van der Waals surface area contributed by atoms with Gasteiger partial charge in [-0.2, -0.15) is 5.10 Å². The Bertz CT molecular complexity index is 767. The number of nitrogens with one attached hydrogen (secondary N) is 1. The molecule has 0 radical (unpaired) electrons. The summed E-state index contributed by atoms with van der Waals surface area (Å²) in [6, 6.07) is 5.39.